The third-order valence-corrected chi connectivity index (χ3v) is 8.70. The zero-order valence-electron chi connectivity index (χ0n) is 21.6. The minimum atomic E-state index is -4.23. The van der Waals surface area contributed by atoms with Crippen molar-refractivity contribution >= 4 is 62.3 Å². The summed E-state index contributed by atoms with van der Waals surface area (Å²) in [7, 11) is -4.23. The zero-order valence-corrected chi connectivity index (χ0v) is 24.7. The Balaban J connectivity index is 2.08. The van der Waals surface area contributed by atoms with Crippen molar-refractivity contribution in [3.8, 4) is 0 Å². The summed E-state index contributed by atoms with van der Waals surface area (Å²) >= 11 is 18.9. The van der Waals surface area contributed by atoms with Crippen LogP contribution in [0.5, 0.6) is 0 Å². The molecule has 0 aliphatic carbocycles. The van der Waals surface area contributed by atoms with Gasteiger partial charge in [0.25, 0.3) is 10.0 Å². The van der Waals surface area contributed by atoms with Crippen molar-refractivity contribution in [2.45, 2.75) is 44.2 Å². The van der Waals surface area contributed by atoms with Crippen LogP contribution in [0.2, 0.25) is 15.1 Å². The first kappa shape index (κ1) is 30.8. The van der Waals surface area contributed by atoms with Gasteiger partial charge in [-0.25, -0.2) is 8.42 Å². The molecule has 0 radical (unpaired) electrons. The lowest BCUT2D eigenvalue weighted by molar-refractivity contribution is -0.140. The SMILES string of the molecule is CCCNC(=O)C(CC)N(Cc1ccccc1Cl)C(=O)CN(c1ccc(Cl)cc1Cl)S(=O)(=O)c1ccccc1. The number of benzene rings is 3. The Morgan fingerprint density at radius 1 is 0.897 bits per heavy atom. The molecule has 0 spiro atoms. The molecule has 1 N–H and O–H groups in total. The molecule has 3 aromatic carbocycles. The second-order valence-corrected chi connectivity index (χ2v) is 11.9. The van der Waals surface area contributed by atoms with E-state index in [1.165, 1.54) is 35.2 Å². The van der Waals surface area contributed by atoms with Crippen molar-refractivity contribution < 1.29 is 18.0 Å². The van der Waals surface area contributed by atoms with Gasteiger partial charge in [0, 0.05) is 23.1 Å². The summed E-state index contributed by atoms with van der Waals surface area (Å²) in [6.07, 6.45) is 1.03. The summed E-state index contributed by atoms with van der Waals surface area (Å²) in [4.78, 5) is 28.5. The van der Waals surface area contributed by atoms with Crippen LogP contribution in [-0.4, -0.2) is 44.3 Å². The van der Waals surface area contributed by atoms with Gasteiger partial charge in [0.2, 0.25) is 11.8 Å². The number of halogens is 3. The van der Waals surface area contributed by atoms with Crippen molar-refractivity contribution in [1.29, 1.82) is 0 Å². The van der Waals surface area contributed by atoms with E-state index in [1.54, 1.807) is 49.4 Å². The molecule has 0 aliphatic rings. The van der Waals surface area contributed by atoms with Crippen molar-refractivity contribution in [3.63, 3.8) is 0 Å². The Labute approximate surface area is 244 Å². The number of rotatable bonds is 12. The summed E-state index contributed by atoms with van der Waals surface area (Å²) in [6, 6.07) is 18.2. The zero-order chi connectivity index (χ0) is 28.6. The summed E-state index contributed by atoms with van der Waals surface area (Å²) in [5, 5.41) is 3.63. The number of nitrogens with one attached hydrogen (secondary N) is 1. The van der Waals surface area contributed by atoms with Crippen molar-refractivity contribution in [2.75, 3.05) is 17.4 Å². The van der Waals surface area contributed by atoms with E-state index < -0.39 is 28.5 Å². The molecule has 0 fully saturated rings. The summed E-state index contributed by atoms with van der Waals surface area (Å²) in [6.45, 7) is 3.55. The summed E-state index contributed by atoms with van der Waals surface area (Å²) in [5.41, 5.74) is 0.704. The fourth-order valence-electron chi connectivity index (χ4n) is 4.01. The van der Waals surface area contributed by atoms with Gasteiger partial charge in [0.05, 0.1) is 15.6 Å². The van der Waals surface area contributed by atoms with E-state index in [1.807, 2.05) is 6.92 Å². The van der Waals surface area contributed by atoms with Crippen molar-refractivity contribution in [1.82, 2.24) is 10.2 Å². The second-order valence-electron chi connectivity index (χ2n) is 8.75. The molecule has 1 unspecified atom stereocenters. The predicted molar refractivity (Wildman–Crippen MR) is 157 cm³/mol. The number of hydrogen-bond acceptors (Lipinski definition) is 4. The Morgan fingerprint density at radius 3 is 2.18 bits per heavy atom. The normalized spacial score (nSPS) is 12.0. The standard InChI is InChI=1S/C28H30Cl3N3O4S/c1-3-16-32-28(36)25(4-2)33(18-20-10-8-9-13-23(20)30)27(35)19-34(26-15-14-21(29)17-24(26)31)39(37,38)22-11-6-5-7-12-22/h5-15,17,25H,3-4,16,18-19H2,1-2H3,(H,32,36). The Morgan fingerprint density at radius 2 is 1.56 bits per heavy atom. The monoisotopic (exact) mass is 609 g/mol. The first-order chi connectivity index (χ1) is 18.6. The minimum absolute atomic E-state index is 0.00410. The van der Waals surface area contributed by atoms with E-state index in [4.69, 9.17) is 34.8 Å². The van der Waals surface area contributed by atoms with Crippen LogP contribution >= 0.6 is 34.8 Å². The molecule has 7 nitrogen and oxygen atoms in total. The Kier molecular flexibility index (Phi) is 11.1. The molecular formula is C28H30Cl3N3O4S. The predicted octanol–water partition coefficient (Wildman–Crippen LogP) is 6.18. The average molecular weight is 611 g/mol. The van der Waals surface area contributed by atoms with Crippen LogP contribution in [0.25, 0.3) is 0 Å². The first-order valence-corrected chi connectivity index (χ1v) is 15.0. The van der Waals surface area contributed by atoms with Crippen LogP contribution in [0, 0.1) is 0 Å². The van der Waals surface area contributed by atoms with Gasteiger partial charge in [-0.1, -0.05) is 85.0 Å². The summed E-state index contributed by atoms with van der Waals surface area (Å²) < 4.78 is 28.6. The molecule has 39 heavy (non-hydrogen) atoms. The number of carbonyl (C=O) groups excluding carboxylic acids is 2. The molecule has 11 heteroatoms. The van der Waals surface area contributed by atoms with Crippen molar-refractivity contribution in [3.05, 3.63) is 93.4 Å². The smallest absolute Gasteiger partial charge is 0.264 e. The Bertz CT molecular complexity index is 1400. The number of sulfonamides is 1. The van der Waals surface area contributed by atoms with Crippen LogP contribution in [0.3, 0.4) is 0 Å². The lowest BCUT2D eigenvalue weighted by atomic mass is 10.1. The van der Waals surface area contributed by atoms with Crippen LogP contribution in [0.15, 0.2) is 77.7 Å². The average Bonchev–Trinajstić information content (AvgIpc) is 2.92. The number of amides is 2. The number of carbonyl (C=O) groups is 2. The largest absolute Gasteiger partial charge is 0.354 e. The van der Waals surface area contributed by atoms with Gasteiger partial charge in [0.15, 0.2) is 0 Å². The van der Waals surface area contributed by atoms with Gasteiger partial charge in [-0.3, -0.25) is 13.9 Å². The Hall–Kier alpha value is -2.78. The highest BCUT2D eigenvalue weighted by molar-refractivity contribution is 7.92. The summed E-state index contributed by atoms with van der Waals surface area (Å²) in [5.74, 6) is -0.930. The van der Waals surface area contributed by atoms with E-state index in [-0.39, 0.29) is 28.1 Å². The van der Waals surface area contributed by atoms with E-state index >= 15 is 0 Å². The third kappa shape index (κ3) is 7.66. The number of hydrogen-bond donors (Lipinski definition) is 1. The molecule has 0 aromatic heterocycles. The van der Waals surface area contributed by atoms with Crippen LogP contribution < -0.4 is 9.62 Å². The van der Waals surface area contributed by atoms with Gasteiger partial charge in [-0.05, 0) is 54.8 Å². The lowest BCUT2D eigenvalue weighted by Gasteiger charge is -2.33. The molecule has 208 valence electrons. The van der Waals surface area contributed by atoms with E-state index in [2.05, 4.69) is 5.32 Å². The maximum atomic E-state index is 14.0. The fourth-order valence-corrected chi connectivity index (χ4v) is 6.22. The van der Waals surface area contributed by atoms with Crippen LogP contribution in [0.1, 0.15) is 32.3 Å². The van der Waals surface area contributed by atoms with Crippen LogP contribution in [-0.2, 0) is 26.2 Å². The quantitative estimate of drug-likeness (QED) is 0.266. The molecule has 0 aliphatic heterocycles. The van der Waals surface area contributed by atoms with Crippen molar-refractivity contribution in [2.24, 2.45) is 0 Å². The van der Waals surface area contributed by atoms with Gasteiger partial charge in [-0.2, -0.15) is 0 Å². The molecule has 0 saturated heterocycles. The van der Waals surface area contributed by atoms with Gasteiger partial charge < -0.3 is 10.2 Å². The van der Waals surface area contributed by atoms with E-state index in [9.17, 15) is 18.0 Å². The molecule has 0 heterocycles. The second kappa shape index (κ2) is 14.0. The third-order valence-electron chi connectivity index (χ3n) is 6.02. The van der Waals surface area contributed by atoms with Gasteiger partial charge in [-0.15, -0.1) is 0 Å². The molecule has 0 saturated carbocycles. The van der Waals surface area contributed by atoms with Crippen LogP contribution in [0.4, 0.5) is 5.69 Å². The van der Waals surface area contributed by atoms with Gasteiger partial charge in [0.1, 0.15) is 12.6 Å². The highest BCUT2D eigenvalue weighted by Gasteiger charge is 2.34. The molecular weight excluding hydrogens is 581 g/mol. The van der Waals surface area contributed by atoms with E-state index in [0.717, 1.165) is 10.7 Å². The minimum Gasteiger partial charge on any atom is -0.354 e. The first-order valence-electron chi connectivity index (χ1n) is 12.4. The molecule has 1 atom stereocenters. The molecule has 0 bridgehead atoms. The topological polar surface area (TPSA) is 86.8 Å². The maximum Gasteiger partial charge on any atom is 0.264 e. The molecule has 3 aromatic rings. The molecule has 3 rings (SSSR count). The lowest BCUT2D eigenvalue weighted by Crippen LogP contribution is -2.52. The van der Waals surface area contributed by atoms with E-state index in [0.29, 0.717) is 28.6 Å². The number of nitrogens with zero attached hydrogens (tertiary/aromatic N) is 2. The van der Waals surface area contributed by atoms with Gasteiger partial charge >= 0.3 is 0 Å². The molecule has 2 amide bonds. The maximum absolute atomic E-state index is 14.0. The fraction of sp³-hybridized carbons (Fsp3) is 0.286. The highest BCUT2D eigenvalue weighted by Crippen LogP contribution is 2.33. The number of anilines is 1. The highest BCUT2D eigenvalue weighted by atomic mass is 35.5.